The van der Waals surface area contributed by atoms with Crippen molar-refractivity contribution < 1.29 is 9.63 Å². The van der Waals surface area contributed by atoms with Crippen molar-refractivity contribution in [2.75, 3.05) is 13.1 Å². The minimum atomic E-state index is -0.261. The molecule has 2 N–H and O–H groups in total. The van der Waals surface area contributed by atoms with E-state index >= 15 is 0 Å². The maximum absolute atomic E-state index is 9.20. The molecule has 0 radical (unpaired) electrons. The lowest BCUT2D eigenvalue weighted by Crippen LogP contribution is -2.27. The quantitative estimate of drug-likeness (QED) is 0.609. The molecular formula is C8H15N3O2. The van der Waals surface area contributed by atoms with Crippen LogP contribution >= 0.6 is 0 Å². The van der Waals surface area contributed by atoms with Gasteiger partial charge in [-0.1, -0.05) is 12.1 Å². The normalized spacial score (nSPS) is 13.1. The van der Waals surface area contributed by atoms with Crippen LogP contribution in [0.3, 0.4) is 0 Å². The molecule has 1 heterocycles. The molecule has 0 fully saturated rings. The Labute approximate surface area is 77.2 Å². The fourth-order valence-electron chi connectivity index (χ4n) is 0.914. The summed E-state index contributed by atoms with van der Waals surface area (Å²) in [6, 6.07) is 0. The van der Waals surface area contributed by atoms with Gasteiger partial charge in [0.1, 0.15) is 0 Å². The van der Waals surface area contributed by atoms with Crippen LogP contribution in [0.1, 0.15) is 19.2 Å². The van der Waals surface area contributed by atoms with E-state index in [1.165, 1.54) is 6.33 Å². The van der Waals surface area contributed by atoms with Crippen LogP contribution in [0.4, 0.5) is 0 Å². The Kier molecular flexibility index (Phi) is 4.42. The minimum absolute atomic E-state index is 0.261. The van der Waals surface area contributed by atoms with Gasteiger partial charge < -0.3 is 14.9 Å². The monoisotopic (exact) mass is 185 g/mol. The van der Waals surface area contributed by atoms with E-state index in [4.69, 9.17) is 4.52 Å². The SMILES string of the molecule is CCC(O)CNCCc1ncno1. The molecule has 1 aromatic rings. The number of hydrogen-bond acceptors (Lipinski definition) is 5. The molecule has 0 saturated heterocycles. The Morgan fingerprint density at radius 1 is 1.69 bits per heavy atom. The third kappa shape index (κ3) is 4.00. The van der Waals surface area contributed by atoms with Crippen LogP contribution in [0.25, 0.3) is 0 Å². The summed E-state index contributed by atoms with van der Waals surface area (Å²) in [7, 11) is 0. The van der Waals surface area contributed by atoms with Gasteiger partial charge in [-0.25, -0.2) is 0 Å². The predicted molar refractivity (Wildman–Crippen MR) is 47.2 cm³/mol. The molecule has 1 aromatic heterocycles. The van der Waals surface area contributed by atoms with E-state index in [1.807, 2.05) is 6.92 Å². The summed E-state index contributed by atoms with van der Waals surface area (Å²) in [5.41, 5.74) is 0. The summed E-state index contributed by atoms with van der Waals surface area (Å²) >= 11 is 0. The zero-order valence-electron chi connectivity index (χ0n) is 7.73. The molecule has 13 heavy (non-hydrogen) atoms. The molecule has 5 heteroatoms. The second-order valence-corrected chi connectivity index (χ2v) is 2.85. The van der Waals surface area contributed by atoms with Gasteiger partial charge in [0.05, 0.1) is 6.10 Å². The van der Waals surface area contributed by atoms with Crippen molar-refractivity contribution >= 4 is 0 Å². The number of rotatable bonds is 6. The summed E-state index contributed by atoms with van der Waals surface area (Å²) in [6.07, 6.45) is 2.60. The van der Waals surface area contributed by atoms with Crippen LogP contribution in [0, 0.1) is 0 Å². The third-order valence-electron chi connectivity index (χ3n) is 1.77. The topological polar surface area (TPSA) is 71.2 Å². The molecule has 74 valence electrons. The van der Waals surface area contributed by atoms with Gasteiger partial charge in [-0.2, -0.15) is 4.98 Å². The Bertz CT molecular complexity index is 213. The Morgan fingerprint density at radius 2 is 2.54 bits per heavy atom. The molecule has 1 rings (SSSR count). The van der Waals surface area contributed by atoms with E-state index in [2.05, 4.69) is 15.5 Å². The molecule has 0 aliphatic heterocycles. The van der Waals surface area contributed by atoms with Crippen molar-refractivity contribution in [2.24, 2.45) is 0 Å². The van der Waals surface area contributed by atoms with Crippen molar-refractivity contribution in [1.29, 1.82) is 0 Å². The summed E-state index contributed by atoms with van der Waals surface area (Å²) in [5.74, 6) is 0.624. The number of nitrogens with one attached hydrogen (secondary N) is 1. The summed E-state index contributed by atoms with van der Waals surface area (Å²) in [6.45, 7) is 3.31. The fraction of sp³-hybridized carbons (Fsp3) is 0.750. The van der Waals surface area contributed by atoms with Crippen LogP contribution in [-0.2, 0) is 6.42 Å². The molecule has 5 nitrogen and oxygen atoms in total. The molecule has 0 amide bonds. The fourth-order valence-corrected chi connectivity index (χ4v) is 0.914. The molecular weight excluding hydrogens is 170 g/mol. The van der Waals surface area contributed by atoms with Crippen LogP contribution in [0.2, 0.25) is 0 Å². The molecule has 0 spiro atoms. The third-order valence-corrected chi connectivity index (χ3v) is 1.77. The summed E-state index contributed by atoms with van der Waals surface area (Å²) in [4.78, 5) is 3.87. The van der Waals surface area contributed by atoms with Gasteiger partial charge in [0.2, 0.25) is 5.89 Å². The number of aliphatic hydroxyl groups is 1. The number of aliphatic hydroxyl groups excluding tert-OH is 1. The molecule has 1 atom stereocenters. The largest absolute Gasteiger partial charge is 0.392 e. The zero-order valence-corrected chi connectivity index (χ0v) is 7.73. The van der Waals surface area contributed by atoms with Crippen LogP contribution < -0.4 is 5.32 Å². The predicted octanol–water partition coefficient (Wildman–Crippen LogP) is -0.0274. The van der Waals surface area contributed by atoms with Gasteiger partial charge in [0, 0.05) is 19.5 Å². The Balaban J connectivity index is 2.02. The van der Waals surface area contributed by atoms with E-state index in [9.17, 15) is 5.11 Å². The highest BCUT2D eigenvalue weighted by Gasteiger charge is 2.01. The van der Waals surface area contributed by atoms with Crippen molar-refractivity contribution in [1.82, 2.24) is 15.5 Å². The molecule has 0 bridgehead atoms. The van der Waals surface area contributed by atoms with Gasteiger partial charge >= 0.3 is 0 Å². The van der Waals surface area contributed by atoms with E-state index < -0.39 is 0 Å². The van der Waals surface area contributed by atoms with E-state index in [0.717, 1.165) is 13.0 Å². The van der Waals surface area contributed by atoms with Crippen LogP contribution in [0.15, 0.2) is 10.9 Å². The molecule has 1 unspecified atom stereocenters. The van der Waals surface area contributed by atoms with Crippen LogP contribution in [0.5, 0.6) is 0 Å². The van der Waals surface area contributed by atoms with Gasteiger partial charge in [-0.05, 0) is 6.42 Å². The van der Waals surface area contributed by atoms with Gasteiger partial charge in [-0.15, -0.1) is 0 Å². The first-order valence-corrected chi connectivity index (χ1v) is 4.47. The maximum atomic E-state index is 9.20. The van der Waals surface area contributed by atoms with Crippen LogP contribution in [-0.4, -0.2) is 34.4 Å². The Hall–Kier alpha value is -0.940. The number of nitrogens with zero attached hydrogens (tertiary/aromatic N) is 2. The second-order valence-electron chi connectivity index (χ2n) is 2.85. The first kappa shape index (κ1) is 10.1. The number of hydrogen-bond donors (Lipinski definition) is 2. The van der Waals surface area contributed by atoms with Gasteiger partial charge in [0.15, 0.2) is 6.33 Å². The van der Waals surface area contributed by atoms with Gasteiger partial charge in [0.25, 0.3) is 0 Å². The number of aromatic nitrogens is 2. The average Bonchev–Trinajstić information content (AvgIpc) is 2.64. The summed E-state index contributed by atoms with van der Waals surface area (Å²) < 4.78 is 4.80. The lowest BCUT2D eigenvalue weighted by molar-refractivity contribution is 0.167. The lowest BCUT2D eigenvalue weighted by atomic mass is 10.3. The molecule has 0 saturated carbocycles. The molecule has 0 aromatic carbocycles. The maximum Gasteiger partial charge on any atom is 0.227 e. The summed E-state index contributed by atoms with van der Waals surface area (Å²) in [5, 5.41) is 15.8. The average molecular weight is 185 g/mol. The first-order valence-electron chi connectivity index (χ1n) is 4.47. The van der Waals surface area contributed by atoms with Crippen molar-refractivity contribution in [3.05, 3.63) is 12.2 Å². The Morgan fingerprint density at radius 3 is 3.15 bits per heavy atom. The van der Waals surface area contributed by atoms with E-state index in [1.54, 1.807) is 0 Å². The molecule has 0 aliphatic rings. The standard InChI is InChI=1S/C8H15N3O2/c1-2-7(12)5-9-4-3-8-10-6-11-13-8/h6-7,9,12H,2-5H2,1H3. The highest BCUT2D eigenvalue weighted by atomic mass is 16.5. The van der Waals surface area contributed by atoms with E-state index in [0.29, 0.717) is 18.9 Å². The highest BCUT2D eigenvalue weighted by Crippen LogP contribution is 1.91. The smallest absolute Gasteiger partial charge is 0.227 e. The zero-order chi connectivity index (χ0) is 9.52. The molecule has 0 aliphatic carbocycles. The minimum Gasteiger partial charge on any atom is -0.392 e. The lowest BCUT2D eigenvalue weighted by Gasteiger charge is -2.07. The van der Waals surface area contributed by atoms with Gasteiger partial charge in [-0.3, -0.25) is 0 Å². The highest BCUT2D eigenvalue weighted by molar-refractivity contribution is 4.75. The van der Waals surface area contributed by atoms with E-state index in [-0.39, 0.29) is 6.10 Å². The first-order chi connectivity index (χ1) is 6.33. The second kappa shape index (κ2) is 5.66. The van der Waals surface area contributed by atoms with Crippen molar-refractivity contribution in [2.45, 2.75) is 25.9 Å². The van der Waals surface area contributed by atoms with Crippen molar-refractivity contribution in [3.8, 4) is 0 Å². The van der Waals surface area contributed by atoms with Crippen molar-refractivity contribution in [3.63, 3.8) is 0 Å².